The summed E-state index contributed by atoms with van der Waals surface area (Å²) in [6, 6.07) is 11.5. The molecule has 0 saturated carbocycles. The van der Waals surface area contributed by atoms with E-state index in [1.807, 2.05) is 6.26 Å². The first kappa shape index (κ1) is 23.1. The Bertz CT molecular complexity index is 946. The molecule has 2 aromatic carbocycles. The maximum atomic E-state index is 12.7. The quantitative estimate of drug-likeness (QED) is 0.606. The number of methoxy groups -OCH3 is 2. The molecule has 9 heteroatoms. The van der Waals surface area contributed by atoms with E-state index < -0.39 is 22.0 Å². The summed E-state index contributed by atoms with van der Waals surface area (Å²) < 4.78 is 37.0. The topological polar surface area (TPSA) is 84.9 Å². The first-order chi connectivity index (χ1) is 13.7. The molecule has 158 valence electrons. The van der Waals surface area contributed by atoms with Crippen LogP contribution in [0, 0.1) is 0 Å². The third-order valence-electron chi connectivity index (χ3n) is 4.41. The van der Waals surface area contributed by atoms with Gasteiger partial charge in [-0.15, -0.1) is 11.8 Å². The zero-order valence-corrected chi connectivity index (χ0v) is 18.8. The summed E-state index contributed by atoms with van der Waals surface area (Å²) in [5.74, 6) is 0.818. The Kier molecular flexibility index (Phi) is 7.95. The highest BCUT2D eigenvalue weighted by molar-refractivity contribution is 7.98. The highest BCUT2D eigenvalue weighted by Gasteiger charge is 2.24. The zero-order valence-electron chi connectivity index (χ0n) is 17.1. The first-order valence-corrected chi connectivity index (χ1v) is 11.5. The number of nitrogens with one attached hydrogen (secondary N) is 1. The van der Waals surface area contributed by atoms with Gasteiger partial charge in [0, 0.05) is 17.5 Å². The summed E-state index contributed by atoms with van der Waals surface area (Å²) in [6.07, 6.45) is 1.92. The Hall–Kier alpha value is -2.23. The van der Waals surface area contributed by atoms with Crippen LogP contribution in [-0.2, 0) is 14.8 Å². The molecule has 0 heterocycles. The van der Waals surface area contributed by atoms with E-state index in [0.717, 1.165) is 14.8 Å². The van der Waals surface area contributed by atoms with Gasteiger partial charge in [-0.3, -0.25) is 4.79 Å². The molecule has 1 N–H and O–H groups in total. The van der Waals surface area contributed by atoms with Gasteiger partial charge in [-0.05, 0) is 55.6 Å². The lowest BCUT2D eigenvalue weighted by Gasteiger charge is -2.21. The normalized spacial score (nSPS) is 12.5. The summed E-state index contributed by atoms with van der Waals surface area (Å²) in [5, 5.41) is 2.81. The molecule has 0 fully saturated rings. The van der Waals surface area contributed by atoms with E-state index in [-0.39, 0.29) is 11.4 Å². The van der Waals surface area contributed by atoms with Crippen LogP contribution < -0.4 is 14.8 Å². The van der Waals surface area contributed by atoms with Gasteiger partial charge in [-0.1, -0.05) is 0 Å². The van der Waals surface area contributed by atoms with E-state index in [1.165, 1.54) is 18.8 Å². The molecule has 29 heavy (non-hydrogen) atoms. The molecule has 2 rings (SSSR count). The highest BCUT2D eigenvalue weighted by atomic mass is 32.2. The van der Waals surface area contributed by atoms with Gasteiger partial charge >= 0.3 is 0 Å². The van der Waals surface area contributed by atoms with Crippen LogP contribution in [0.4, 0.5) is 0 Å². The van der Waals surface area contributed by atoms with Crippen LogP contribution in [0.1, 0.15) is 18.5 Å². The van der Waals surface area contributed by atoms with Crippen molar-refractivity contribution < 1.29 is 22.7 Å². The predicted octanol–water partition coefficient (Wildman–Crippen LogP) is 2.92. The number of likely N-dealkylation sites (N-methyl/N-ethyl adjacent to an activating group) is 1. The zero-order chi connectivity index (χ0) is 21.6. The van der Waals surface area contributed by atoms with Gasteiger partial charge in [0.1, 0.15) is 11.5 Å². The SMILES string of the molecule is COc1ccc(OC)c(C(C)NC(=O)CN(C)S(=O)(=O)c2ccc(SC)cc2)c1. The summed E-state index contributed by atoms with van der Waals surface area (Å²) in [6.45, 7) is 1.49. The van der Waals surface area contributed by atoms with Gasteiger partial charge in [-0.2, -0.15) is 4.31 Å². The fourth-order valence-corrected chi connectivity index (χ4v) is 4.29. The summed E-state index contributed by atoms with van der Waals surface area (Å²) in [5.41, 5.74) is 0.735. The Balaban J connectivity index is 2.09. The molecular weight excluding hydrogens is 412 g/mol. The third kappa shape index (κ3) is 5.65. The monoisotopic (exact) mass is 438 g/mol. The minimum Gasteiger partial charge on any atom is -0.497 e. The van der Waals surface area contributed by atoms with Crippen LogP contribution in [0.15, 0.2) is 52.3 Å². The molecule has 1 unspecified atom stereocenters. The van der Waals surface area contributed by atoms with Crippen molar-refractivity contribution in [3.05, 3.63) is 48.0 Å². The predicted molar refractivity (Wildman–Crippen MR) is 114 cm³/mol. The Labute approximate surface area is 176 Å². The van der Waals surface area contributed by atoms with E-state index >= 15 is 0 Å². The second-order valence-corrected chi connectivity index (χ2v) is 9.26. The number of nitrogens with zero attached hydrogens (tertiary/aromatic N) is 1. The Morgan fingerprint density at radius 1 is 1.14 bits per heavy atom. The van der Waals surface area contributed by atoms with Gasteiger partial charge in [0.15, 0.2) is 0 Å². The van der Waals surface area contributed by atoms with Gasteiger partial charge in [0.05, 0.1) is 31.7 Å². The number of ether oxygens (including phenoxy) is 2. The van der Waals surface area contributed by atoms with Crippen molar-refractivity contribution in [2.24, 2.45) is 0 Å². The second kappa shape index (κ2) is 10.00. The average molecular weight is 439 g/mol. The van der Waals surface area contributed by atoms with E-state index in [1.54, 1.807) is 63.6 Å². The lowest BCUT2D eigenvalue weighted by atomic mass is 10.1. The fourth-order valence-electron chi connectivity index (χ4n) is 2.76. The number of hydrogen-bond donors (Lipinski definition) is 1. The molecule has 0 saturated heterocycles. The molecule has 1 atom stereocenters. The van der Waals surface area contributed by atoms with Crippen molar-refractivity contribution in [1.29, 1.82) is 0 Å². The van der Waals surface area contributed by atoms with Crippen molar-refractivity contribution in [2.75, 3.05) is 34.1 Å². The van der Waals surface area contributed by atoms with Gasteiger partial charge in [0.25, 0.3) is 0 Å². The molecule has 0 aliphatic heterocycles. The number of carbonyl (C=O) groups is 1. The smallest absolute Gasteiger partial charge is 0.243 e. The molecule has 0 aliphatic rings. The molecule has 0 bridgehead atoms. The van der Waals surface area contributed by atoms with Crippen LogP contribution >= 0.6 is 11.8 Å². The minimum atomic E-state index is -3.76. The van der Waals surface area contributed by atoms with Gasteiger partial charge < -0.3 is 14.8 Å². The molecule has 0 spiro atoms. The van der Waals surface area contributed by atoms with Crippen molar-refractivity contribution in [1.82, 2.24) is 9.62 Å². The maximum absolute atomic E-state index is 12.7. The van der Waals surface area contributed by atoms with Crippen LogP contribution in [0.5, 0.6) is 11.5 Å². The molecule has 0 aliphatic carbocycles. The first-order valence-electron chi connectivity index (χ1n) is 8.84. The van der Waals surface area contributed by atoms with Crippen molar-refractivity contribution in [3.8, 4) is 11.5 Å². The van der Waals surface area contributed by atoms with Crippen molar-refractivity contribution in [3.63, 3.8) is 0 Å². The number of thioether (sulfide) groups is 1. The average Bonchev–Trinajstić information content (AvgIpc) is 2.72. The van der Waals surface area contributed by atoms with E-state index in [9.17, 15) is 13.2 Å². The third-order valence-corrected chi connectivity index (χ3v) is 6.98. The minimum absolute atomic E-state index is 0.146. The summed E-state index contributed by atoms with van der Waals surface area (Å²) in [7, 11) is 0.719. The lowest BCUT2D eigenvalue weighted by molar-refractivity contribution is -0.121. The fraction of sp³-hybridized carbons (Fsp3) is 0.350. The van der Waals surface area contributed by atoms with E-state index in [0.29, 0.717) is 11.5 Å². The van der Waals surface area contributed by atoms with Crippen LogP contribution in [0.2, 0.25) is 0 Å². The van der Waals surface area contributed by atoms with Gasteiger partial charge in [0.2, 0.25) is 15.9 Å². The van der Waals surface area contributed by atoms with E-state index in [4.69, 9.17) is 9.47 Å². The molecule has 0 radical (unpaired) electrons. The highest BCUT2D eigenvalue weighted by Crippen LogP contribution is 2.29. The molecule has 7 nitrogen and oxygen atoms in total. The molecule has 2 aromatic rings. The van der Waals surface area contributed by atoms with Crippen LogP contribution in [0.25, 0.3) is 0 Å². The Morgan fingerprint density at radius 3 is 2.34 bits per heavy atom. The van der Waals surface area contributed by atoms with Crippen molar-refractivity contribution in [2.45, 2.75) is 22.8 Å². The number of carbonyl (C=O) groups excluding carboxylic acids is 1. The number of rotatable bonds is 9. The van der Waals surface area contributed by atoms with Crippen LogP contribution in [-0.4, -0.2) is 52.7 Å². The second-order valence-electron chi connectivity index (χ2n) is 6.33. The largest absolute Gasteiger partial charge is 0.497 e. The number of hydrogen-bond acceptors (Lipinski definition) is 6. The van der Waals surface area contributed by atoms with Crippen LogP contribution in [0.3, 0.4) is 0 Å². The molecule has 1 amide bonds. The van der Waals surface area contributed by atoms with Crippen molar-refractivity contribution >= 4 is 27.7 Å². The summed E-state index contributed by atoms with van der Waals surface area (Å²) in [4.78, 5) is 13.6. The number of amides is 1. The van der Waals surface area contributed by atoms with Gasteiger partial charge in [-0.25, -0.2) is 8.42 Å². The summed E-state index contributed by atoms with van der Waals surface area (Å²) >= 11 is 1.53. The number of benzene rings is 2. The van der Waals surface area contributed by atoms with E-state index in [2.05, 4.69) is 5.32 Å². The maximum Gasteiger partial charge on any atom is 0.243 e. The standard InChI is InChI=1S/C20H26N2O5S2/c1-14(18-12-15(26-3)6-11-19(18)27-4)21-20(23)13-22(2)29(24,25)17-9-7-16(28-5)8-10-17/h6-12,14H,13H2,1-5H3,(H,21,23). The lowest BCUT2D eigenvalue weighted by Crippen LogP contribution is -2.39. The number of sulfonamides is 1. The molecular formula is C20H26N2O5S2. The molecule has 0 aromatic heterocycles. The Morgan fingerprint density at radius 2 is 1.79 bits per heavy atom.